The number of carbonyl (C=O) groups excluding carboxylic acids is 1. The number of carbonyl (C=O) groups is 1. The third kappa shape index (κ3) is 3.92. The molecule has 3 N–H and O–H groups in total. The van der Waals surface area contributed by atoms with Crippen molar-refractivity contribution in [2.75, 3.05) is 0 Å². The molecule has 0 bridgehead atoms. The van der Waals surface area contributed by atoms with Crippen LogP contribution in [0.1, 0.15) is 27.0 Å². The van der Waals surface area contributed by atoms with E-state index in [0.717, 1.165) is 11.1 Å². The fourth-order valence-corrected chi connectivity index (χ4v) is 2.65. The quantitative estimate of drug-likeness (QED) is 0.476. The van der Waals surface area contributed by atoms with Crippen molar-refractivity contribution in [1.29, 1.82) is 0 Å². The summed E-state index contributed by atoms with van der Waals surface area (Å²) in [7, 11) is 0. The average Bonchev–Trinajstić information content (AvgIpc) is 2.65. The van der Waals surface area contributed by atoms with Gasteiger partial charge in [-0.05, 0) is 41.5 Å². The standard InChI is InChI=1S/C22H18O4/c23-17-9-6-15(7-10-17)8-12-20(24)18-11-13-21(25)19(22(18)26)14-16-4-2-1-3-5-16/h1-13,23,25-26H,14H2/b12-8+. The number of hydrogen-bond donors (Lipinski definition) is 3. The molecule has 130 valence electrons. The second-order valence-electron chi connectivity index (χ2n) is 5.91. The van der Waals surface area contributed by atoms with Gasteiger partial charge in [0, 0.05) is 12.0 Å². The Kier molecular flexibility index (Phi) is 5.04. The van der Waals surface area contributed by atoms with Gasteiger partial charge in [0.1, 0.15) is 17.2 Å². The number of hydrogen-bond acceptors (Lipinski definition) is 4. The highest BCUT2D eigenvalue weighted by atomic mass is 16.3. The third-order valence-electron chi connectivity index (χ3n) is 4.07. The Balaban J connectivity index is 1.86. The van der Waals surface area contributed by atoms with Crippen LogP contribution in [0, 0.1) is 0 Å². The van der Waals surface area contributed by atoms with Gasteiger partial charge in [0.2, 0.25) is 0 Å². The second-order valence-corrected chi connectivity index (χ2v) is 5.91. The predicted octanol–water partition coefficient (Wildman–Crippen LogP) is 4.29. The summed E-state index contributed by atoms with van der Waals surface area (Å²) in [6.45, 7) is 0. The number of phenolic OH excluding ortho intramolecular Hbond substituents is 3. The van der Waals surface area contributed by atoms with E-state index < -0.39 is 0 Å². The molecular weight excluding hydrogens is 328 g/mol. The number of phenols is 3. The van der Waals surface area contributed by atoms with Crippen LogP contribution in [0.2, 0.25) is 0 Å². The topological polar surface area (TPSA) is 77.8 Å². The number of aromatic hydroxyl groups is 3. The van der Waals surface area contributed by atoms with Crippen LogP contribution in [-0.4, -0.2) is 21.1 Å². The zero-order valence-corrected chi connectivity index (χ0v) is 14.0. The minimum Gasteiger partial charge on any atom is -0.508 e. The second kappa shape index (κ2) is 7.57. The summed E-state index contributed by atoms with van der Waals surface area (Å²) in [6.07, 6.45) is 3.27. The molecule has 0 aliphatic carbocycles. The number of rotatable bonds is 5. The van der Waals surface area contributed by atoms with Crippen molar-refractivity contribution < 1.29 is 20.1 Å². The van der Waals surface area contributed by atoms with E-state index in [1.165, 1.54) is 30.3 Å². The van der Waals surface area contributed by atoms with E-state index in [9.17, 15) is 20.1 Å². The summed E-state index contributed by atoms with van der Waals surface area (Å²) in [4.78, 5) is 12.4. The Morgan fingerprint density at radius 3 is 2.23 bits per heavy atom. The Morgan fingerprint density at radius 2 is 1.54 bits per heavy atom. The lowest BCUT2D eigenvalue weighted by atomic mass is 9.98. The summed E-state index contributed by atoms with van der Waals surface area (Å²) >= 11 is 0. The summed E-state index contributed by atoms with van der Waals surface area (Å²) in [5.74, 6) is -0.486. The molecule has 0 unspecified atom stereocenters. The molecule has 0 radical (unpaired) electrons. The molecule has 0 amide bonds. The van der Waals surface area contributed by atoms with E-state index in [4.69, 9.17) is 0 Å². The van der Waals surface area contributed by atoms with Gasteiger partial charge in [-0.15, -0.1) is 0 Å². The number of allylic oxidation sites excluding steroid dienone is 1. The SMILES string of the molecule is O=C(/C=C/c1ccc(O)cc1)c1ccc(O)c(Cc2ccccc2)c1O. The van der Waals surface area contributed by atoms with Crippen molar-refractivity contribution in [2.45, 2.75) is 6.42 Å². The zero-order valence-electron chi connectivity index (χ0n) is 14.0. The van der Waals surface area contributed by atoms with Gasteiger partial charge in [-0.3, -0.25) is 4.79 Å². The maximum atomic E-state index is 12.4. The van der Waals surface area contributed by atoms with Crippen LogP contribution in [0.5, 0.6) is 17.2 Å². The molecule has 0 aromatic heterocycles. The lowest BCUT2D eigenvalue weighted by molar-refractivity contribution is 0.104. The van der Waals surface area contributed by atoms with E-state index in [2.05, 4.69) is 0 Å². The van der Waals surface area contributed by atoms with Crippen LogP contribution in [0.3, 0.4) is 0 Å². The van der Waals surface area contributed by atoms with Gasteiger partial charge in [-0.2, -0.15) is 0 Å². The predicted molar refractivity (Wildman–Crippen MR) is 100 cm³/mol. The highest BCUT2D eigenvalue weighted by molar-refractivity contribution is 6.09. The molecule has 3 aromatic carbocycles. The van der Waals surface area contributed by atoms with Crippen molar-refractivity contribution in [2.24, 2.45) is 0 Å². The third-order valence-corrected chi connectivity index (χ3v) is 4.07. The fourth-order valence-electron chi connectivity index (χ4n) is 2.65. The molecule has 0 aliphatic heterocycles. The molecular formula is C22H18O4. The first-order valence-corrected chi connectivity index (χ1v) is 8.14. The highest BCUT2D eigenvalue weighted by Crippen LogP contribution is 2.33. The summed E-state index contributed by atoms with van der Waals surface area (Å²) in [6, 6.07) is 18.6. The average molecular weight is 346 g/mol. The van der Waals surface area contributed by atoms with Gasteiger partial charge in [-0.1, -0.05) is 48.5 Å². The van der Waals surface area contributed by atoms with Crippen LogP contribution in [0.15, 0.2) is 72.8 Å². The molecule has 3 aromatic rings. The van der Waals surface area contributed by atoms with Gasteiger partial charge in [0.05, 0.1) is 5.56 Å². The van der Waals surface area contributed by atoms with E-state index >= 15 is 0 Å². The van der Waals surface area contributed by atoms with Crippen molar-refractivity contribution in [1.82, 2.24) is 0 Å². The van der Waals surface area contributed by atoms with Gasteiger partial charge in [0.25, 0.3) is 0 Å². The van der Waals surface area contributed by atoms with Crippen LogP contribution >= 0.6 is 0 Å². The van der Waals surface area contributed by atoms with Gasteiger partial charge < -0.3 is 15.3 Å². The Hall–Kier alpha value is -3.53. The molecule has 0 heterocycles. The smallest absolute Gasteiger partial charge is 0.189 e. The van der Waals surface area contributed by atoms with E-state index in [0.29, 0.717) is 12.0 Å². The Morgan fingerprint density at radius 1 is 0.846 bits per heavy atom. The Bertz CT molecular complexity index is 942. The van der Waals surface area contributed by atoms with E-state index in [1.807, 2.05) is 30.3 Å². The summed E-state index contributed by atoms with van der Waals surface area (Å²) < 4.78 is 0. The van der Waals surface area contributed by atoms with Gasteiger partial charge in [0.15, 0.2) is 5.78 Å². The molecule has 0 aliphatic rings. The largest absolute Gasteiger partial charge is 0.508 e. The molecule has 0 saturated carbocycles. The number of benzene rings is 3. The van der Waals surface area contributed by atoms with Crippen molar-refractivity contribution in [3.05, 3.63) is 95.1 Å². The Labute approximate surface area is 151 Å². The lowest BCUT2D eigenvalue weighted by Gasteiger charge is -2.10. The molecule has 4 heteroatoms. The van der Waals surface area contributed by atoms with Crippen LogP contribution in [-0.2, 0) is 6.42 Å². The molecule has 26 heavy (non-hydrogen) atoms. The maximum Gasteiger partial charge on any atom is 0.189 e. The van der Waals surface area contributed by atoms with Gasteiger partial charge in [-0.25, -0.2) is 0 Å². The molecule has 0 spiro atoms. The first-order valence-electron chi connectivity index (χ1n) is 8.14. The first kappa shape index (κ1) is 17.3. The summed E-state index contributed by atoms with van der Waals surface area (Å²) in [5, 5.41) is 29.8. The van der Waals surface area contributed by atoms with Gasteiger partial charge >= 0.3 is 0 Å². The minimum absolute atomic E-state index is 0.0505. The van der Waals surface area contributed by atoms with Crippen molar-refractivity contribution in [3.8, 4) is 17.2 Å². The van der Waals surface area contributed by atoms with E-state index in [-0.39, 0.29) is 28.6 Å². The molecule has 0 atom stereocenters. The monoisotopic (exact) mass is 346 g/mol. The van der Waals surface area contributed by atoms with E-state index in [1.54, 1.807) is 18.2 Å². The van der Waals surface area contributed by atoms with Crippen LogP contribution < -0.4 is 0 Å². The van der Waals surface area contributed by atoms with Crippen LogP contribution in [0.25, 0.3) is 6.08 Å². The minimum atomic E-state index is -0.370. The normalized spacial score (nSPS) is 10.9. The molecule has 0 fully saturated rings. The maximum absolute atomic E-state index is 12.4. The van der Waals surface area contributed by atoms with Crippen molar-refractivity contribution in [3.63, 3.8) is 0 Å². The van der Waals surface area contributed by atoms with Crippen molar-refractivity contribution >= 4 is 11.9 Å². The number of ketones is 1. The highest BCUT2D eigenvalue weighted by Gasteiger charge is 2.16. The summed E-state index contributed by atoms with van der Waals surface area (Å²) in [5.41, 5.74) is 2.12. The zero-order chi connectivity index (χ0) is 18.5. The molecule has 3 rings (SSSR count). The van der Waals surface area contributed by atoms with Crippen LogP contribution in [0.4, 0.5) is 0 Å². The molecule has 4 nitrogen and oxygen atoms in total. The fraction of sp³-hybridized carbons (Fsp3) is 0.0455. The lowest BCUT2D eigenvalue weighted by Crippen LogP contribution is -1.99. The first-order chi connectivity index (χ1) is 12.5. The molecule has 0 saturated heterocycles.